The zero-order valence-corrected chi connectivity index (χ0v) is 13.1. The van der Waals surface area contributed by atoms with Gasteiger partial charge in [-0.05, 0) is 12.8 Å². The highest BCUT2D eigenvalue weighted by atomic mass is 16.4. The molecule has 0 radical (unpaired) electrons. The highest BCUT2D eigenvalue weighted by molar-refractivity contribution is 5.73. The fraction of sp³-hybridized carbons (Fsp3) is 0.714. The highest BCUT2D eigenvalue weighted by Gasteiger charge is 2.37. The molecular weight excluding hydrogens is 324 g/mol. The topological polar surface area (TPSA) is 156 Å². The third kappa shape index (κ3) is 6.50. The third-order valence-corrected chi connectivity index (χ3v) is 3.99. The van der Waals surface area contributed by atoms with Gasteiger partial charge in [-0.15, -0.1) is 0 Å². The molecule has 0 aromatic rings. The molecule has 1 fully saturated rings. The third-order valence-electron chi connectivity index (χ3n) is 3.99. The summed E-state index contributed by atoms with van der Waals surface area (Å²) < 4.78 is 0. The largest absolute Gasteiger partial charge is 0.480 e. The van der Waals surface area contributed by atoms with Gasteiger partial charge in [-0.2, -0.15) is 0 Å². The summed E-state index contributed by atoms with van der Waals surface area (Å²) in [5.41, 5.74) is 0. The maximum atomic E-state index is 11.0. The van der Waals surface area contributed by atoms with E-state index in [1.54, 1.807) is 0 Å². The van der Waals surface area contributed by atoms with Crippen molar-refractivity contribution in [2.45, 2.75) is 37.8 Å². The molecular formula is C14H22N2O8. The molecule has 0 aliphatic heterocycles. The van der Waals surface area contributed by atoms with E-state index in [2.05, 4.69) is 0 Å². The van der Waals surface area contributed by atoms with Gasteiger partial charge in [0.1, 0.15) is 0 Å². The minimum absolute atomic E-state index is 0.487. The fourth-order valence-electron chi connectivity index (χ4n) is 3.22. The predicted molar refractivity (Wildman–Crippen MR) is 79.7 cm³/mol. The first-order valence-electron chi connectivity index (χ1n) is 7.56. The fourth-order valence-corrected chi connectivity index (χ4v) is 3.22. The van der Waals surface area contributed by atoms with E-state index in [0.717, 1.165) is 12.8 Å². The zero-order chi connectivity index (χ0) is 18.3. The quantitative estimate of drug-likeness (QED) is 0.396. The van der Waals surface area contributed by atoms with Gasteiger partial charge in [-0.1, -0.05) is 12.8 Å². The van der Waals surface area contributed by atoms with Crippen molar-refractivity contribution in [3.8, 4) is 0 Å². The second-order valence-corrected chi connectivity index (χ2v) is 5.80. The van der Waals surface area contributed by atoms with E-state index in [1.165, 1.54) is 9.80 Å². The summed E-state index contributed by atoms with van der Waals surface area (Å²) >= 11 is 0. The SMILES string of the molecule is O=C(O)CN(CC(=O)O)[C@@H]1CCCC[C@@H]1N(CC(=O)O)CC(=O)O. The number of rotatable bonds is 10. The molecule has 1 aliphatic carbocycles. The van der Waals surface area contributed by atoms with Crippen LogP contribution in [0.25, 0.3) is 0 Å². The Labute approximate surface area is 138 Å². The van der Waals surface area contributed by atoms with Gasteiger partial charge in [0.15, 0.2) is 0 Å². The summed E-state index contributed by atoms with van der Waals surface area (Å²) in [6.45, 7) is -1.99. The van der Waals surface area contributed by atoms with Crippen LogP contribution < -0.4 is 0 Å². The Hall–Kier alpha value is -2.20. The highest BCUT2D eigenvalue weighted by Crippen LogP contribution is 2.27. The van der Waals surface area contributed by atoms with Crippen LogP contribution >= 0.6 is 0 Å². The van der Waals surface area contributed by atoms with Gasteiger partial charge in [0.25, 0.3) is 0 Å². The summed E-state index contributed by atoms with van der Waals surface area (Å²) in [4.78, 5) is 46.7. The van der Waals surface area contributed by atoms with E-state index < -0.39 is 62.1 Å². The maximum absolute atomic E-state index is 11.0. The van der Waals surface area contributed by atoms with E-state index >= 15 is 0 Å². The Morgan fingerprint density at radius 1 is 0.625 bits per heavy atom. The van der Waals surface area contributed by atoms with Crippen LogP contribution in [-0.2, 0) is 19.2 Å². The van der Waals surface area contributed by atoms with Crippen molar-refractivity contribution in [2.75, 3.05) is 26.2 Å². The van der Waals surface area contributed by atoms with Crippen molar-refractivity contribution < 1.29 is 39.6 Å². The van der Waals surface area contributed by atoms with Gasteiger partial charge < -0.3 is 20.4 Å². The van der Waals surface area contributed by atoms with Gasteiger partial charge in [0.2, 0.25) is 0 Å². The number of aliphatic carboxylic acids is 4. The molecule has 4 N–H and O–H groups in total. The van der Waals surface area contributed by atoms with Crippen LogP contribution in [0.5, 0.6) is 0 Å². The monoisotopic (exact) mass is 346 g/mol. The van der Waals surface area contributed by atoms with E-state index in [9.17, 15) is 19.2 Å². The van der Waals surface area contributed by atoms with Crippen molar-refractivity contribution in [1.82, 2.24) is 9.80 Å². The predicted octanol–water partition coefficient (Wildman–Crippen LogP) is -0.760. The Morgan fingerprint density at radius 2 is 0.875 bits per heavy atom. The van der Waals surface area contributed by atoms with Crippen molar-refractivity contribution in [2.24, 2.45) is 0 Å². The maximum Gasteiger partial charge on any atom is 0.317 e. The molecule has 0 aromatic carbocycles. The lowest BCUT2D eigenvalue weighted by Gasteiger charge is -2.43. The van der Waals surface area contributed by atoms with Crippen molar-refractivity contribution in [1.29, 1.82) is 0 Å². The number of hydrogen-bond donors (Lipinski definition) is 4. The molecule has 24 heavy (non-hydrogen) atoms. The number of carboxylic acids is 4. The normalized spacial score (nSPS) is 20.9. The van der Waals surface area contributed by atoms with Crippen molar-refractivity contribution >= 4 is 23.9 Å². The second-order valence-electron chi connectivity index (χ2n) is 5.80. The smallest absolute Gasteiger partial charge is 0.317 e. The average Bonchev–Trinajstić information content (AvgIpc) is 2.44. The Morgan fingerprint density at radius 3 is 1.08 bits per heavy atom. The average molecular weight is 346 g/mol. The van der Waals surface area contributed by atoms with Gasteiger partial charge in [0.05, 0.1) is 26.2 Å². The van der Waals surface area contributed by atoms with Crippen LogP contribution in [0.1, 0.15) is 25.7 Å². The van der Waals surface area contributed by atoms with E-state index in [4.69, 9.17) is 20.4 Å². The van der Waals surface area contributed by atoms with Crippen LogP contribution in [0.3, 0.4) is 0 Å². The number of carboxylic acid groups (broad SMARTS) is 4. The molecule has 0 unspecified atom stereocenters. The van der Waals surface area contributed by atoms with Crippen LogP contribution in [0.15, 0.2) is 0 Å². The Kier molecular flexibility index (Phi) is 7.59. The molecule has 0 amide bonds. The summed E-state index contributed by atoms with van der Waals surface area (Å²) in [5, 5.41) is 36.0. The number of nitrogens with zero attached hydrogens (tertiary/aromatic N) is 2. The molecule has 0 heterocycles. The molecule has 1 saturated carbocycles. The Balaban J connectivity index is 3.03. The summed E-state index contributed by atoms with van der Waals surface area (Å²) in [5.74, 6) is -4.76. The van der Waals surface area contributed by atoms with Crippen molar-refractivity contribution in [3.63, 3.8) is 0 Å². The van der Waals surface area contributed by atoms with Gasteiger partial charge in [-0.25, -0.2) is 0 Å². The molecule has 0 saturated heterocycles. The van der Waals surface area contributed by atoms with Gasteiger partial charge in [0, 0.05) is 12.1 Å². The summed E-state index contributed by atoms with van der Waals surface area (Å²) in [7, 11) is 0. The van der Waals surface area contributed by atoms with Crippen LogP contribution in [0.4, 0.5) is 0 Å². The molecule has 2 atom stereocenters. The molecule has 0 spiro atoms. The first-order valence-corrected chi connectivity index (χ1v) is 7.56. The first-order chi connectivity index (χ1) is 11.2. The van der Waals surface area contributed by atoms with Crippen LogP contribution in [-0.4, -0.2) is 92.4 Å². The molecule has 1 aliphatic rings. The molecule has 1 rings (SSSR count). The lowest BCUT2D eigenvalue weighted by atomic mass is 9.87. The van der Waals surface area contributed by atoms with Crippen LogP contribution in [0, 0.1) is 0 Å². The summed E-state index contributed by atoms with van der Waals surface area (Å²) in [6.07, 6.45) is 2.46. The molecule has 10 heteroatoms. The van der Waals surface area contributed by atoms with Crippen molar-refractivity contribution in [3.05, 3.63) is 0 Å². The van der Waals surface area contributed by atoms with Gasteiger partial charge in [-0.3, -0.25) is 29.0 Å². The van der Waals surface area contributed by atoms with E-state index in [0.29, 0.717) is 12.8 Å². The number of hydrogen-bond acceptors (Lipinski definition) is 6. The lowest BCUT2D eigenvalue weighted by molar-refractivity contribution is -0.149. The minimum atomic E-state index is -1.19. The van der Waals surface area contributed by atoms with E-state index in [-0.39, 0.29) is 0 Å². The van der Waals surface area contributed by atoms with E-state index in [1.807, 2.05) is 0 Å². The molecule has 0 bridgehead atoms. The second kappa shape index (κ2) is 9.18. The molecule has 10 nitrogen and oxygen atoms in total. The first kappa shape index (κ1) is 19.8. The van der Waals surface area contributed by atoms with Gasteiger partial charge >= 0.3 is 23.9 Å². The zero-order valence-electron chi connectivity index (χ0n) is 13.1. The minimum Gasteiger partial charge on any atom is -0.480 e. The molecule has 0 aromatic heterocycles. The lowest BCUT2D eigenvalue weighted by Crippen LogP contribution is -2.57. The Bertz CT molecular complexity index is 419. The summed E-state index contributed by atoms with van der Waals surface area (Å²) in [6, 6.07) is -1.05. The molecule has 136 valence electrons. The standard InChI is InChI=1S/C14H22N2O8/c17-11(18)5-15(6-12(19)20)9-3-1-2-4-10(9)16(7-13(21)22)8-14(23)24/h9-10H,1-8H2,(H,17,18)(H,19,20)(H,21,22)(H,23,24)/t9-,10+. The van der Waals surface area contributed by atoms with Crippen LogP contribution in [0.2, 0.25) is 0 Å². The number of carbonyl (C=O) groups is 4.